The number of rotatable bonds is 4. The molecule has 0 aromatic carbocycles. The molecule has 0 spiro atoms. The van der Waals surface area contributed by atoms with Gasteiger partial charge in [-0.1, -0.05) is 11.8 Å². The maximum Gasteiger partial charge on any atom is 0.168 e. The van der Waals surface area contributed by atoms with Crippen LogP contribution in [0.15, 0.2) is 11.1 Å². The molecule has 1 aromatic heterocycles. The van der Waals surface area contributed by atoms with Crippen LogP contribution in [0, 0.1) is 11.6 Å². The number of hydrogen-bond donors (Lipinski definition) is 1. The van der Waals surface area contributed by atoms with E-state index in [9.17, 15) is 8.78 Å². The molecule has 2 heterocycles. The van der Waals surface area contributed by atoms with E-state index in [-0.39, 0.29) is 22.2 Å². The molecule has 18 heavy (non-hydrogen) atoms. The molecule has 0 aliphatic carbocycles. The lowest BCUT2D eigenvalue weighted by Crippen LogP contribution is -2.14. The lowest BCUT2D eigenvalue weighted by molar-refractivity contribution is 0.127. The predicted molar refractivity (Wildman–Crippen MR) is 68.0 cm³/mol. The number of nitrogens with one attached hydrogen (secondary N) is 1. The van der Waals surface area contributed by atoms with Crippen LogP contribution in [0.4, 0.5) is 14.6 Å². The van der Waals surface area contributed by atoms with Crippen molar-refractivity contribution in [1.29, 1.82) is 0 Å². The van der Waals surface area contributed by atoms with Crippen LogP contribution in [0.3, 0.4) is 0 Å². The van der Waals surface area contributed by atoms with E-state index in [2.05, 4.69) is 10.3 Å². The van der Waals surface area contributed by atoms with Gasteiger partial charge in [-0.05, 0) is 20.3 Å². The minimum Gasteiger partial charge on any atom is -0.377 e. The molecule has 1 aliphatic heterocycles. The summed E-state index contributed by atoms with van der Waals surface area (Å²) in [6, 6.07) is 0.883. The van der Waals surface area contributed by atoms with E-state index in [1.165, 1.54) is 11.8 Å². The van der Waals surface area contributed by atoms with Gasteiger partial charge < -0.3 is 10.1 Å². The van der Waals surface area contributed by atoms with Crippen molar-refractivity contribution in [1.82, 2.24) is 4.98 Å². The molecular formula is C12H16F2N2OS. The van der Waals surface area contributed by atoms with E-state index >= 15 is 0 Å². The van der Waals surface area contributed by atoms with Crippen molar-refractivity contribution in [3.63, 3.8) is 0 Å². The highest BCUT2D eigenvalue weighted by atomic mass is 32.2. The second-order valence-corrected chi connectivity index (χ2v) is 5.38. The van der Waals surface area contributed by atoms with Crippen LogP contribution < -0.4 is 5.32 Å². The summed E-state index contributed by atoms with van der Waals surface area (Å²) in [6.07, 6.45) is 0.935. The molecule has 0 amide bonds. The average molecular weight is 274 g/mol. The normalized spacial score (nSPS) is 23.3. The minimum absolute atomic E-state index is 0.0730. The van der Waals surface area contributed by atoms with Gasteiger partial charge in [-0.15, -0.1) is 0 Å². The van der Waals surface area contributed by atoms with Gasteiger partial charge in [0, 0.05) is 24.5 Å². The highest BCUT2D eigenvalue weighted by Crippen LogP contribution is 2.33. The quantitative estimate of drug-likeness (QED) is 0.915. The molecule has 0 bridgehead atoms. The summed E-state index contributed by atoms with van der Waals surface area (Å²) in [5.41, 5.74) is 0. The lowest BCUT2D eigenvalue weighted by atomic mass is 10.3. The summed E-state index contributed by atoms with van der Waals surface area (Å²) in [7, 11) is 0. The van der Waals surface area contributed by atoms with Crippen LogP contribution in [0.5, 0.6) is 0 Å². The van der Waals surface area contributed by atoms with E-state index < -0.39 is 11.6 Å². The van der Waals surface area contributed by atoms with Gasteiger partial charge in [0.1, 0.15) is 5.03 Å². The number of halogens is 2. The first-order valence-corrected chi connectivity index (χ1v) is 6.88. The largest absolute Gasteiger partial charge is 0.377 e. The van der Waals surface area contributed by atoms with E-state index in [4.69, 9.17) is 4.74 Å². The summed E-state index contributed by atoms with van der Waals surface area (Å²) in [5, 5.41) is 3.19. The Morgan fingerprint density at radius 3 is 2.89 bits per heavy atom. The van der Waals surface area contributed by atoms with Crippen LogP contribution in [0.2, 0.25) is 0 Å². The summed E-state index contributed by atoms with van der Waals surface area (Å²) in [5.74, 6) is -1.17. The van der Waals surface area contributed by atoms with Crippen LogP contribution >= 0.6 is 11.8 Å². The molecule has 1 N–H and O–H groups in total. The van der Waals surface area contributed by atoms with Crippen molar-refractivity contribution in [2.45, 2.75) is 36.6 Å². The number of hydrogen-bond acceptors (Lipinski definition) is 4. The van der Waals surface area contributed by atoms with Gasteiger partial charge in [-0.25, -0.2) is 13.8 Å². The molecule has 1 fully saturated rings. The summed E-state index contributed by atoms with van der Waals surface area (Å²) in [6.45, 7) is 5.02. The Kier molecular flexibility index (Phi) is 4.40. The van der Waals surface area contributed by atoms with E-state index in [0.717, 1.165) is 12.5 Å². The first-order valence-electron chi connectivity index (χ1n) is 6.00. The average Bonchev–Trinajstić information content (AvgIpc) is 2.71. The Bertz CT molecular complexity index is 431. The van der Waals surface area contributed by atoms with Gasteiger partial charge in [0.2, 0.25) is 0 Å². The van der Waals surface area contributed by atoms with Crippen molar-refractivity contribution in [2.24, 2.45) is 0 Å². The molecule has 2 rings (SSSR count). The van der Waals surface area contributed by atoms with Crippen molar-refractivity contribution >= 4 is 17.6 Å². The fourth-order valence-corrected chi connectivity index (χ4v) is 2.92. The molecule has 1 aliphatic rings. The predicted octanol–water partition coefficient (Wildman–Crippen LogP) is 3.06. The van der Waals surface area contributed by atoms with Gasteiger partial charge in [0.25, 0.3) is 0 Å². The van der Waals surface area contributed by atoms with Crippen molar-refractivity contribution in [2.75, 3.05) is 18.5 Å². The van der Waals surface area contributed by atoms with Gasteiger partial charge in [0.05, 0.1) is 6.10 Å². The van der Waals surface area contributed by atoms with Crippen molar-refractivity contribution < 1.29 is 13.5 Å². The van der Waals surface area contributed by atoms with Crippen LogP contribution in [-0.2, 0) is 4.74 Å². The number of pyridine rings is 1. The Hall–Kier alpha value is -0.880. The lowest BCUT2D eigenvalue weighted by Gasteiger charge is -2.14. The van der Waals surface area contributed by atoms with E-state index in [0.29, 0.717) is 13.2 Å². The third-order valence-electron chi connectivity index (χ3n) is 2.81. The van der Waals surface area contributed by atoms with Crippen LogP contribution in [-0.4, -0.2) is 29.5 Å². The summed E-state index contributed by atoms with van der Waals surface area (Å²) in [4.78, 5) is 4.01. The van der Waals surface area contributed by atoms with Crippen molar-refractivity contribution in [3.05, 3.63) is 17.7 Å². The second-order valence-electron chi connectivity index (χ2n) is 4.16. The molecule has 0 radical (unpaired) electrons. The number of ether oxygens (including phenoxy) is 1. The second kappa shape index (κ2) is 5.84. The first-order chi connectivity index (χ1) is 8.61. The fourth-order valence-electron chi connectivity index (χ4n) is 1.83. The zero-order valence-corrected chi connectivity index (χ0v) is 11.2. The summed E-state index contributed by atoms with van der Waals surface area (Å²) < 4.78 is 32.5. The topological polar surface area (TPSA) is 34.2 Å². The Morgan fingerprint density at radius 1 is 1.50 bits per heavy atom. The molecule has 1 saturated heterocycles. The monoisotopic (exact) mass is 274 g/mol. The smallest absolute Gasteiger partial charge is 0.168 e. The molecule has 100 valence electrons. The Labute approximate surface area is 109 Å². The highest BCUT2D eigenvalue weighted by Gasteiger charge is 2.27. The highest BCUT2D eigenvalue weighted by molar-refractivity contribution is 7.99. The molecule has 0 saturated carbocycles. The molecule has 2 atom stereocenters. The number of aromatic nitrogens is 1. The SMILES string of the molecule is CCNc1nc(SC2CCOC2C)c(F)cc1F. The minimum atomic E-state index is -0.658. The number of anilines is 1. The third kappa shape index (κ3) is 2.92. The summed E-state index contributed by atoms with van der Waals surface area (Å²) >= 11 is 1.32. The van der Waals surface area contributed by atoms with Gasteiger partial charge in [-0.3, -0.25) is 0 Å². The maximum absolute atomic E-state index is 13.7. The van der Waals surface area contributed by atoms with Gasteiger partial charge in [0.15, 0.2) is 17.5 Å². The standard InChI is InChI=1S/C12H16F2N2OS/c1-3-15-11-8(13)6-9(14)12(16-11)18-10-4-5-17-7(10)2/h6-7,10H,3-5H2,1-2H3,(H,15,16). The number of thioether (sulfide) groups is 1. The molecule has 6 heteroatoms. The van der Waals surface area contributed by atoms with Crippen LogP contribution in [0.25, 0.3) is 0 Å². The third-order valence-corrected chi connectivity index (χ3v) is 4.24. The van der Waals surface area contributed by atoms with E-state index in [1.54, 1.807) is 0 Å². The van der Waals surface area contributed by atoms with Gasteiger partial charge >= 0.3 is 0 Å². The maximum atomic E-state index is 13.7. The Morgan fingerprint density at radius 2 is 2.28 bits per heavy atom. The molecule has 2 unspecified atom stereocenters. The van der Waals surface area contributed by atoms with Crippen LogP contribution in [0.1, 0.15) is 20.3 Å². The van der Waals surface area contributed by atoms with Crippen molar-refractivity contribution in [3.8, 4) is 0 Å². The fraction of sp³-hybridized carbons (Fsp3) is 0.583. The molecule has 3 nitrogen and oxygen atoms in total. The zero-order chi connectivity index (χ0) is 13.1. The zero-order valence-electron chi connectivity index (χ0n) is 10.4. The number of nitrogens with zero attached hydrogens (tertiary/aromatic N) is 1. The first kappa shape index (κ1) is 13.5. The van der Waals surface area contributed by atoms with Gasteiger partial charge in [-0.2, -0.15) is 0 Å². The molecule has 1 aromatic rings. The van der Waals surface area contributed by atoms with E-state index in [1.807, 2.05) is 13.8 Å². The molecular weight excluding hydrogens is 258 g/mol. The Balaban J connectivity index is 2.18.